The monoisotopic (exact) mass is 264 g/mol. The van der Waals surface area contributed by atoms with E-state index in [4.69, 9.17) is 10.5 Å². The smallest absolute Gasteiger partial charge is 0.242 e. The molecule has 0 aromatic rings. The summed E-state index contributed by atoms with van der Waals surface area (Å²) < 4.78 is 27.0. The van der Waals surface area contributed by atoms with Crippen LogP contribution in [0.1, 0.15) is 20.3 Å². The minimum absolute atomic E-state index is 0.0453. The van der Waals surface area contributed by atoms with Gasteiger partial charge in [-0.05, 0) is 20.3 Å². The van der Waals surface area contributed by atoms with Crippen LogP contribution in [0.25, 0.3) is 0 Å². The fourth-order valence-electron chi connectivity index (χ4n) is 1.36. The van der Waals surface area contributed by atoms with Crippen LogP contribution in [-0.2, 0) is 19.4 Å². The van der Waals surface area contributed by atoms with Crippen LogP contribution >= 0.6 is 0 Å². The molecule has 1 heterocycles. The second kappa shape index (κ2) is 4.55. The molecule has 1 aliphatic heterocycles. The first kappa shape index (κ1) is 14.4. The van der Waals surface area contributed by atoms with E-state index in [1.165, 1.54) is 0 Å². The molecule has 6 nitrogen and oxygen atoms in total. The zero-order chi connectivity index (χ0) is 13.3. The maximum atomic E-state index is 11.8. The van der Waals surface area contributed by atoms with Crippen molar-refractivity contribution >= 4 is 15.7 Å². The summed E-state index contributed by atoms with van der Waals surface area (Å²) in [7, 11) is -3.23. The van der Waals surface area contributed by atoms with Crippen molar-refractivity contribution < 1.29 is 17.9 Å². The van der Waals surface area contributed by atoms with Crippen LogP contribution in [0.4, 0.5) is 0 Å². The molecule has 3 N–H and O–H groups in total. The van der Waals surface area contributed by atoms with Gasteiger partial charge in [-0.25, -0.2) is 8.42 Å². The lowest BCUT2D eigenvalue weighted by atomic mass is 9.99. The minimum atomic E-state index is -3.23. The van der Waals surface area contributed by atoms with Gasteiger partial charge in [0.2, 0.25) is 5.91 Å². The van der Waals surface area contributed by atoms with Crippen LogP contribution in [-0.4, -0.2) is 50.6 Å². The van der Waals surface area contributed by atoms with Crippen molar-refractivity contribution in [3.63, 3.8) is 0 Å². The van der Waals surface area contributed by atoms with Crippen molar-refractivity contribution in [1.82, 2.24) is 5.32 Å². The Morgan fingerprint density at radius 1 is 1.53 bits per heavy atom. The number of carbonyl (C=O) groups is 1. The van der Waals surface area contributed by atoms with Crippen molar-refractivity contribution in [3.8, 4) is 0 Å². The average Bonchev–Trinajstić information content (AvgIpc) is 2.61. The molecule has 1 atom stereocenters. The molecule has 1 unspecified atom stereocenters. The van der Waals surface area contributed by atoms with Crippen LogP contribution in [0.2, 0.25) is 0 Å². The van der Waals surface area contributed by atoms with Gasteiger partial charge in [0, 0.05) is 19.4 Å². The van der Waals surface area contributed by atoms with Gasteiger partial charge >= 0.3 is 0 Å². The standard InChI is InChI=1S/C10H20N2O4S/c1-9(2,17(3,14)15)6-12-8(13)10(11)4-5-16-7-10/h4-7,11H2,1-3H3,(H,12,13). The topological polar surface area (TPSA) is 98.5 Å². The number of amides is 1. The fourth-order valence-corrected chi connectivity index (χ4v) is 1.69. The van der Waals surface area contributed by atoms with Crippen molar-refractivity contribution in [3.05, 3.63) is 0 Å². The lowest BCUT2D eigenvalue weighted by molar-refractivity contribution is -0.126. The fraction of sp³-hybridized carbons (Fsp3) is 0.900. The van der Waals surface area contributed by atoms with Crippen molar-refractivity contribution in [2.75, 3.05) is 26.0 Å². The maximum absolute atomic E-state index is 11.8. The quantitative estimate of drug-likeness (QED) is 0.681. The van der Waals surface area contributed by atoms with Gasteiger partial charge in [0.1, 0.15) is 5.54 Å². The molecule has 0 aromatic carbocycles. The zero-order valence-corrected chi connectivity index (χ0v) is 11.3. The number of carbonyl (C=O) groups excluding carboxylic acids is 1. The second-order valence-corrected chi connectivity index (χ2v) is 7.82. The molecule has 0 aromatic heterocycles. The summed E-state index contributed by atoms with van der Waals surface area (Å²) >= 11 is 0. The van der Waals surface area contributed by atoms with Gasteiger partial charge in [0.05, 0.1) is 11.4 Å². The van der Waals surface area contributed by atoms with E-state index < -0.39 is 20.1 Å². The van der Waals surface area contributed by atoms with Gasteiger partial charge in [0.25, 0.3) is 0 Å². The third kappa shape index (κ3) is 3.17. The summed E-state index contributed by atoms with van der Waals surface area (Å²) in [6.45, 7) is 3.81. The average molecular weight is 264 g/mol. The molecule has 100 valence electrons. The van der Waals surface area contributed by atoms with E-state index in [0.29, 0.717) is 13.0 Å². The maximum Gasteiger partial charge on any atom is 0.242 e. The van der Waals surface area contributed by atoms with Crippen LogP contribution in [0, 0.1) is 0 Å². The van der Waals surface area contributed by atoms with E-state index >= 15 is 0 Å². The lowest BCUT2D eigenvalue weighted by Gasteiger charge is -2.26. The lowest BCUT2D eigenvalue weighted by Crippen LogP contribution is -2.57. The Hall–Kier alpha value is -0.660. The highest BCUT2D eigenvalue weighted by atomic mass is 32.2. The third-order valence-corrected chi connectivity index (χ3v) is 5.33. The molecule has 0 bridgehead atoms. The Labute approximate surface area is 102 Å². The zero-order valence-electron chi connectivity index (χ0n) is 10.4. The molecular formula is C10H20N2O4S. The van der Waals surface area contributed by atoms with E-state index in [9.17, 15) is 13.2 Å². The van der Waals surface area contributed by atoms with Crippen molar-refractivity contribution in [2.45, 2.75) is 30.6 Å². The summed E-state index contributed by atoms with van der Waals surface area (Å²) in [5.41, 5.74) is 4.83. The molecule has 1 saturated heterocycles. The van der Waals surface area contributed by atoms with E-state index in [-0.39, 0.29) is 19.1 Å². The number of nitrogens with two attached hydrogens (primary N) is 1. The van der Waals surface area contributed by atoms with Crippen LogP contribution in [0.3, 0.4) is 0 Å². The Bertz CT molecular complexity index is 397. The molecule has 0 radical (unpaired) electrons. The molecule has 1 rings (SSSR count). The van der Waals surface area contributed by atoms with E-state index in [1.807, 2.05) is 0 Å². The Morgan fingerprint density at radius 2 is 2.12 bits per heavy atom. The number of nitrogens with one attached hydrogen (secondary N) is 1. The van der Waals surface area contributed by atoms with E-state index in [0.717, 1.165) is 6.26 Å². The van der Waals surface area contributed by atoms with Gasteiger partial charge in [0.15, 0.2) is 9.84 Å². The number of hydrogen-bond donors (Lipinski definition) is 2. The normalized spacial score (nSPS) is 25.9. The summed E-state index contributed by atoms with van der Waals surface area (Å²) in [5, 5.41) is 2.59. The molecule has 17 heavy (non-hydrogen) atoms. The highest BCUT2D eigenvalue weighted by molar-refractivity contribution is 7.92. The van der Waals surface area contributed by atoms with E-state index in [2.05, 4.69) is 5.32 Å². The van der Waals surface area contributed by atoms with Gasteiger partial charge in [-0.15, -0.1) is 0 Å². The predicted octanol–water partition coefficient (Wildman–Crippen LogP) is -0.956. The van der Waals surface area contributed by atoms with Crippen molar-refractivity contribution in [2.24, 2.45) is 5.73 Å². The summed E-state index contributed by atoms with van der Waals surface area (Å²) in [5.74, 6) is -0.355. The Balaban J connectivity index is 2.60. The van der Waals surface area contributed by atoms with Crippen molar-refractivity contribution in [1.29, 1.82) is 0 Å². The van der Waals surface area contributed by atoms with Gasteiger partial charge in [-0.3, -0.25) is 4.79 Å². The largest absolute Gasteiger partial charge is 0.379 e. The SMILES string of the molecule is CC(C)(CNC(=O)C1(N)CCOC1)S(C)(=O)=O. The molecule has 1 fully saturated rings. The van der Waals surface area contributed by atoms with Crippen LogP contribution in [0.15, 0.2) is 0 Å². The summed E-state index contributed by atoms with van der Waals surface area (Å²) in [6.07, 6.45) is 1.61. The van der Waals surface area contributed by atoms with E-state index in [1.54, 1.807) is 13.8 Å². The third-order valence-electron chi connectivity index (χ3n) is 3.18. The highest BCUT2D eigenvalue weighted by Crippen LogP contribution is 2.17. The van der Waals surface area contributed by atoms with Crippen LogP contribution in [0.5, 0.6) is 0 Å². The number of rotatable bonds is 4. The first-order valence-corrected chi connectivity index (χ1v) is 7.32. The van der Waals surface area contributed by atoms with Crippen LogP contribution < -0.4 is 11.1 Å². The number of ether oxygens (including phenoxy) is 1. The Kier molecular flexibility index (Phi) is 3.85. The molecule has 0 aliphatic carbocycles. The molecular weight excluding hydrogens is 244 g/mol. The summed E-state index contributed by atoms with van der Waals surface area (Å²) in [4.78, 5) is 11.8. The molecule has 7 heteroatoms. The molecule has 0 saturated carbocycles. The second-order valence-electron chi connectivity index (χ2n) is 5.17. The summed E-state index contributed by atoms with van der Waals surface area (Å²) in [6, 6.07) is 0. The Morgan fingerprint density at radius 3 is 2.53 bits per heavy atom. The van der Waals surface area contributed by atoms with Gasteiger partial charge in [-0.1, -0.05) is 0 Å². The first-order valence-electron chi connectivity index (χ1n) is 5.43. The first-order chi connectivity index (χ1) is 7.58. The van der Waals surface area contributed by atoms with Gasteiger partial charge < -0.3 is 15.8 Å². The number of hydrogen-bond acceptors (Lipinski definition) is 5. The molecule has 1 amide bonds. The minimum Gasteiger partial charge on any atom is -0.379 e. The predicted molar refractivity (Wildman–Crippen MR) is 64.3 cm³/mol. The highest BCUT2D eigenvalue weighted by Gasteiger charge is 2.39. The molecule has 1 aliphatic rings. The molecule has 0 spiro atoms. The van der Waals surface area contributed by atoms with Gasteiger partial charge in [-0.2, -0.15) is 0 Å². The number of sulfone groups is 1.